The monoisotopic (exact) mass is 351 g/mol. The van der Waals surface area contributed by atoms with Crippen LogP contribution in [0.2, 0.25) is 18.1 Å². The Labute approximate surface area is 144 Å². The number of ketones is 1. The summed E-state index contributed by atoms with van der Waals surface area (Å²) in [6.07, 6.45) is 2.97. The maximum Gasteiger partial charge on any atom is 0.228 e. The molecular weight excluding hydrogens is 322 g/mol. The molecule has 0 unspecified atom stereocenters. The van der Waals surface area contributed by atoms with Gasteiger partial charge in [0.15, 0.2) is 14.1 Å². The minimum absolute atomic E-state index is 0.0368. The van der Waals surface area contributed by atoms with Crippen molar-refractivity contribution in [3.05, 3.63) is 18.2 Å². The van der Waals surface area contributed by atoms with Crippen molar-refractivity contribution in [3.8, 4) is 0 Å². The highest BCUT2D eigenvalue weighted by Gasteiger charge is 2.50. The van der Waals surface area contributed by atoms with E-state index < -0.39 is 8.32 Å². The summed E-state index contributed by atoms with van der Waals surface area (Å²) in [4.78, 5) is 31.5. The van der Waals surface area contributed by atoms with Crippen molar-refractivity contribution in [2.45, 2.75) is 64.9 Å². The molecule has 24 heavy (non-hydrogen) atoms. The molecule has 2 rings (SSSR count). The number of aromatic amines is 1. The molecule has 134 valence electrons. The first-order valence-corrected chi connectivity index (χ1v) is 11.4. The minimum atomic E-state index is -1.97. The van der Waals surface area contributed by atoms with Gasteiger partial charge < -0.3 is 14.7 Å². The van der Waals surface area contributed by atoms with E-state index in [-0.39, 0.29) is 40.7 Å². The number of imidazole rings is 1. The van der Waals surface area contributed by atoms with E-state index in [1.165, 1.54) is 0 Å². The second kappa shape index (κ2) is 6.44. The summed E-state index contributed by atoms with van der Waals surface area (Å²) in [5.41, 5.74) is 0. The highest BCUT2D eigenvalue weighted by molar-refractivity contribution is 6.74. The van der Waals surface area contributed by atoms with Gasteiger partial charge in [-0.25, -0.2) is 4.98 Å². The number of hydrogen-bond acceptors (Lipinski definition) is 4. The van der Waals surface area contributed by atoms with Gasteiger partial charge in [-0.3, -0.25) is 9.59 Å². The molecule has 0 aromatic carbocycles. The smallest absolute Gasteiger partial charge is 0.228 e. The van der Waals surface area contributed by atoms with Crippen LogP contribution in [0.1, 0.15) is 45.2 Å². The Balaban J connectivity index is 2.09. The van der Waals surface area contributed by atoms with Gasteiger partial charge in [0.25, 0.3) is 0 Å². The van der Waals surface area contributed by atoms with E-state index in [9.17, 15) is 9.59 Å². The van der Waals surface area contributed by atoms with Gasteiger partial charge in [-0.05, 0) is 25.1 Å². The van der Waals surface area contributed by atoms with Gasteiger partial charge in [-0.2, -0.15) is 0 Å². The SMILES string of the molecule is C[C@@H](O[Si](C)(C)C(C)(C)C)[C@H]1C(=O)N[C@H]1[C@@H](C)C(=O)c1ncc[nH]1. The second-order valence-electron chi connectivity index (χ2n) is 8.23. The van der Waals surface area contributed by atoms with E-state index in [0.29, 0.717) is 5.82 Å². The fourth-order valence-electron chi connectivity index (χ4n) is 2.85. The van der Waals surface area contributed by atoms with Gasteiger partial charge in [0.05, 0.1) is 18.1 Å². The van der Waals surface area contributed by atoms with E-state index in [1.807, 2.05) is 13.8 Å². The largest absolute Gasteiger partial charge is 0.413 e. The zero-order valence-corrected chi connectivity index (χ0v) is 16.6. The molecule has 7 heteroatoms. The summed E-state index contributed by atoms with van der Waals surface area (Å²) in [7, 11) is -1.97. The van der Waals surface area contributed by atoms with E-state index in [0.717, 1.165) is 0 Å². The number of hydrogen-bond donors (Lipinski definition) is 2. The van der Waals surface area contributed by atoms with Crippen LogP contribution in [0.15, 0.2) is 12.4 Å². The molecule has 0 radical (unpaired) electrons. The van der Waals surface area contributed by atoms with Crippen LogP contribution in [-0.4, -0.2) is 42.1 Å². The number of nitrogens with zero attached hydrogens (tertiary/aromatic N) is 1. The Hall–Kier alpha value is -1.47. The molecule has 0 saturated carbocycles. The number of carbonyl (C=O) groups excluding carboxylic acids is 2. The number of aromatic nitrogens is 2. The van der Waals surface area contributed by atoms with E-state index in [4.69, 9.17) is 4.43 Å². The third-order valence-electron chi connectivity index (χ3n) is 5.47. The number of amides is 1. The second-order valence-corrected chi connectivity index (χ2v) is 13.0. The molecule has 1 aliphatic heterocycles. The van der Waals surface area contributed by atoms with Crippen molar-refractivity contribution in [1.82, 2.24) is 15.3 Å². The number of H-pyrrole nitrogens is 1. The van der Waals surface area contributed by atoms with Crippen LogP contribution < -0.4 is 5.32 Å². The molecule has 1 amide bonds. The summed E-state index contributed by atoms with van der Waals surface area (Å²) in [5.74, 6) is -0.433. The Bertz CT molecular complexity index is 607. The number of β-lactam (4-membered cyclic amide) rings is 1. The van der Waals surface area contributed by atoms with Crippen molar-refractivity contribution >= 4 is 20.0 Å². The van der Waals surface area contributed by atoms with Crippen molar-refractivity contribution in [2.24, 2.45) is 11.8 Å². The van der Waals surface area contributed by atoms with Gasteiger partial charge in [0.2, 0.25) is 11.7 Å². The van der Waals surface area contributed by atoms with Crippen LogP contribution in [0.4, 0.5) is 0 Å². The zero-order chi connectivity index (χ0) is 18.3. The number of carbonyl (C=O) groups is 2. The fraction of sp³-hybridized carbons (Fsp3) is 0.706. The Morgan fingerprint density at radius 2 is 1.96 bits per heavy atom. The molecule has 6 nitrogen and oxygen atoms in total. The normalized spacial score (nSPS) is 24.0. The standard InChI is InChI=1S/C17H29N3O3Si/c1-10(14(21)15-18-8-9-19-15)13-12(16(22)20-13)11(2)23-24(6,7)17(3,4)5/h8-13H,1-7H3,(H,18,19)(H,20,22)/t10-,11-,12-,13+/m1/s1. The maximum atomic E-state index is 12.5. The minimum Gasteiger partial charge on any atom is -0.413 e. The summed E-state index contributed by atoms with van der Waals surface area (Å²) in [5, 5.41) is 2.95. The van der Waals surface area contributed by atoms with Gasteiger partial charge in [0, 0.05) is 18.3 Å². The van der Waals surface area contributed by atoms with Gasteiger partial charge in [0.1, 0.15) is 0 Å². The number of rotatable bonds is 6. The van der Waals surface area contributed by atoms with E-state index in [2.05, 4.69) is 49.1 Å². The van der Waals surface area contributed by atoms with Crippen LogP contribution >= 0.6 is 0 Å². The average molecular weight is 352 g/mol. The lowest BCUT2D eigenvalue weighted by molar-refractivity contribution is -0.141. The Morgan fingerprint density at radius 1 is 1.33 bits per heavy atom. The van der Waals surface area contributed by atoms with Crippen molar-refractivity contribution in [3.63, 3.8) is 0 Å². The van der Waals surface area contributed by atoms with E-state index in [1.54, 1.807) is 12.4 Å². The van der Waals surface area contributed by atoms with Crippen molar-refractivity contribution < 1.29 is 14.0 Å². The summed E-state index contributed by atoms with van der Waals surface area (Å²) in [6, 6.07) is -0.213. The molecule has 1 saturated heterocycles. The first-order valence-electron chi connectivity index (χ1n) is 8.47. The summed E-state index contributed by atoms with van der Waals surface area (Å²) in [6.45, 7) is 14.6. The van der Waals surface area contributed by atoms with Crippen LogP contribution in [0.3, 0.4) is 0 Å². The maximum absolute atomic E-state index is 12.5. The third-order valence-corrected chi connectivity index (χ3v) is 10.0. The van der Waals surface area contributed by atoms with Crippen LogP contribution in [0, 0.1) is 11.8 Å². The quantitative estimate of drug-likeness (QED) is 0.469. The van der Waals surface area contributed by atoms with Gasteiger partial charge in [-0.1, -0.05) is 27.7 Å². The average Bonchev–Trinajstić information content (AvgIpc) is 2.95. The fourth-order valence-corrected chi connectivity index (χ4v) is 4.28. The molecule has 2 N–H and O–H groups in total. The van der Waals surface area contributed by atoms with Crippen LogP contribution in [0.25, 0.3) is 0 Å². The predicted molar refractivity (Wildman–Crippen MR) is 95.2 cm³/mol. The van der Waals surface area contributed by atoms with Gasteiger partial charge in [-0.15, -0.1) is 0 Å². The molecule has 4 atom stereocenters. The van der Waals surface area contributed by atoms with Crippen LogP contribution in [0.5, 0.6) is 0 Å². The van der Waals surface area contributed by atoms with Crippen molar-refractivity contribution in [1.29, 1.82) is 0 Å². The molecule has 2 heterocycles. The molecule has 1 aliphatic rings. The zero-order valence-electron chi connectivity index (χ0n) is 15.6. The Morgan fingerprint density at radius 3 is 2.42 bits per heavy atom. The first-order chi connectivity index (χ1) is 11.0. The number of Topliss-reactive ketones (excluding diaryl/α,β-unsaturated/α-hetero) is 1. The number of nitrogens with one attached hydrogen (secondary N) is 2. The third kappa shape index (κ3) is 3.47. The predicted octanol–water partition coefficient (Wildman–Crippen LogP) is 2.75. The molecule has 1 fully saturated rings. The first kappa shape index (κ1) is 18.9. The highest BCUT2D eigenvalue weighted by Crippen LogP contribution is 2.39. The topological polar surface area (TPSA) is 84.1 Å². The molecular formula is C17H29N3O3Si. The molecule has 0 spiro atoms. The molecule has 1 aromatic heterocycles. The molecule has 1 aromatic rings. The summed E-state index contributed by atoms with van der Waals surface area (Å²) >= 11 is 0. The summed E-state index contributed by atoms with van der Waals surface area (Å²) < 4.78 is 6.37. The Kier molecular flexibility index (Phi) is 5.06. The highest BCUT2D eigenvalue weighted by atomic mass is 28.4. The molecule has 0 bridgehead atoms. The van der Waals surface area contributed by atoms with E-state index >= 15 is 0 Å². The lowest BCUT2D eigenvalue weighted by Gasteiger charge is -2.46. The van der Waals surface area contributed by atoms with Crippen LogP contribution in [-0.2, 0) is 9.22 Å². The molecule has 0 aliphatic carbocycles. The van der Waals surface area contributed by atoms with Crippen molar-refractivity contribution in [2.75, 3.05) is 0 Å². The van der Waals surface area contributed by atoms with Gasteiger partial charge >= 0.3 is 0 Å². The lowest BCUT2D eigenvalue weighted by Crippen LogP contribution is -2.66. The lowest BCUT2D eigenvalue weighted by atomic mass is 9.77.